The van der Waals surface area contributed by atoms with E-state index in [0.29, 0.717) is 65.9 Å². The summed E-state index contributed by atoms with van der Waals surface area (Å²) in [5.41, 5.74) is 5.11. The van der Waals surface area contributed by atoms with E-state index in [4.69, 9.17) is 18.9 Å². The molecule has 0 aromatic heterocycles. The molecule has 0 heterocycles. The van der Waals surface area contributed by atoms with Crippen molar-refractivity contribution in [2.45, 2.75) is 53.4 Å². The van der Waals surface area contributed by atoms with Gasteiger partial charge in [0.1, 0.15) is 11.5 Å². The maximum Gasteiger partial charge on any atom is 0.338 e. The molecule has 2 aromatic carbocycles. The van der Waals surface area contributed by atoms with Gasteiger partial charge in [-0.05, 0) is 99.9 Å². The van der Waals surface area contributed by atoms with Gasteiger partial charge in [-0.2, -0.15) is 0 Å². The molecule has 222 valence electrons. The summed E-state index contributed by atoms with van der Waals surface area (Å²) in [6.07, 6.45) is 4.07. The summed E-state index contributed by atoms with van der Waals surface area (Å²) in [6, 6.07) is 10.9. The van der Waals surface area contributed by atoms with Gasteiger partial charge in [0, 0.05) is 22.3 Å². The van der Waals surface area contributed by atoms with Crippen LogP contribution in [-0.4, -0.2) is 37.6 Å². The standard InChI is InChI=1S/C34H38O8/c1-22(2)32(36)39-16-8-10-26-19-28(11-9-17-40-33(37)23(3)4)31(41-21-35)29(20-26)18-25(7)27-12-14-30(15-13-27)42-34(38)24(5)6/h12-15,18-21H,1,3,5,8-11,16-17H2,2,4,6-7H3/b25-18+. The lowest BCUT2D eigenvalue weighted by atomic mass is 9.96. The van der Waals surface area contributed by atoms with Crippen molar-refractivity contribution >= 4 is 36.0 Å². The molecule has 42 heavy (non-hydrogen) atoms. The maximum absolute atomic E-state index is 11.8. The normalized spacial score (nSPS) is 10.8. The first-order chi connectivity index (χ1) is 19.9. The number of hydrogen-bond donors (Lipinski definition) is 0. The third-order valence-electron chi connectivity index (χ3n) is 6.02. The Labute approximate surface area is 247 Å². The molecule has 0 aliphatic heterocycles. The second-order valence-corrected chi connectivity index (χ2v) is 9.95. The van der Waals surface area contributed by atoms with E-state index in [0.717, 1.165) is 22.3 Å². The number of hydrogen-bond acceptors (Lipinski definition) is 8. The van der Waals surface area contributed by atoms with E-state index in [1.54, 1.807) is 32.9 Å². The van der Waals surface area contributed by atoms with E-state index in [2.05, 4.69) is 19.7 Å². The van der Waals surface area contributed by atoms with E-state index >= 15 is 0 Å². The van der Waals surface area contributed by atoms with Crippen LogP contribution in [0.2, 0.25) is 0 Å². The van der Waals surface area contributed by atoms with Gasteiger partial charge >= 0.3 is 17.9 Å². The fourth-order valence-electron chi connectivity index (χ4n) is 3.82. The van der Waals surface area contributed by atoms with Crippen LogP contribution in [0.15, 0.2) is 72.9 Å². The fraction of sp³-hybridized carbons (Fsp3) is 0.294. The van der Waals surface area contributed by atoms with Crippen LogP contribution < -0.4 is 9.47 Å². The highest BCUT2D eigenvalue weighted by Gasteiger charge is 2.14. The highest BCUT2D eigenvalue weighted by Crippen LogP contribution is 2.32. The van der Waals surface area contributed by atoms with E-state index in [1.807, 2.05) is 37.3 Å². The Morgan fingerprint density at radius 2 is 1.31 bits per heavy atom. The lowest BCUT2D eigenvalue weighted by molar-refractivity contribution is -0.139. The highest BCUT2D eigenvalue weighted by molar-refractivity contribution is 5.89. The summed E-state index contributed by atoms with van der Waals surface area (Å²) in [5.74, 6) is -0.598. The Bertz CT molecular complexity index is 1380. The van der Waals surface area contributed by atoms with Gasteiger partial charge in [0.25, 0.3) is 6.47 Å². The molecule has 0 radical (unpaired) electrons. The minimum absolute atomic E-state index is 0.180. The molecule has 2 aromatic rings. The third kappa shape index (κ3) is 10.7. The van der Waals surface area contributed by atoms with Crippen molar-refractivity contribution in [2.24, 2.45) is 0 Å². The van der Waals surface area contributed by atoms with Gasteiger partial charge < -0.3 is 18.9 Å². The summed E-state index contributed by atoms with van der Waals surface area (Å²) < 4.78 is 21.2. The van der Waals surface area contributed by atoms with Crippen molar-refractivity contribution in [2.75, 3.05) is 13.2 Å². The molecule has 0 atom stereocenters. The highest BCUT2D eigenvalue weighted by atomic mass is 16.5. The number of carbonyl (C=O) groups excluding carboxylic acids is 4. The number of aryl methyl sites for hydroxylation is 2. The number of allylic oxidation sites excluding steroid dienone is 1. The number of benzene rings is 2. The Balaban J connectivity index is 2.36. The molecular weight excluding hydrogens is 536 g/mol. The number of carbonyl (C=O) groups is 4. The SMILES string of the molecule is C=C(C)C(=O)OCCCc1cc(/C=C(\C)c2ccc(OC(=O)C(=C)C)cc2)c(OC=O)c(CCCOC(=O)C(=C)C)c1. The van der Waals surface area contributed by atoms with Gasteiger partial charge in [0.15, 0.2) is 0 Å². The Morgan fingerprint density at radius 3 is 1.83 bits per heavy atom. The van der Waals surface area contributed by atoms with Crippen molar-refractivity contribution in [1.82, 2.24) is 0 Å². The topological polar surface area (TPSA) is 105 Å². The first-order valence-corrected chi connectivity index (χ1v) is 13.5. The van der Waals surface area contributed by atoms with E-state index in [9.17, 15) is 19.2 Å². The quantitative estimate of drug-likeness (QED) is 0.0569. The van der Waals surface area contributed by atoms with Crippen molar-refractivity contribution in [3.8, 4) is 11.5 Å². The Hall–Kier alpha value is -4.72. The predicted octanol–water partition coefficient (Wildman–Crippen LogP) is 6.37. The average molecular weight is 575 g/mol. The summed E-state index contributed by atoms with van der Waals surface area (Å²) in [7, 11) is 0. The second-order valence-electron chi connectivity index (χ2n) is 9.95. The van der Waals surface area contributed by atoms with Gasteiger partial charge in [-0.3, -0.25) is 4.79 Å². The molecule has 8 heteroatoms. The number of ether oxygens (including phenoxy) is 4. The van der Waals surface area contributed by atoms with Gasteiger partial charge in [0.05, 0.1) is 13.2 Å². The third-order valence-corrected chi connectivity index (χ3v) is 6.02. The zero-order valence-electron chi connectivity index (χ0n) is 24.7. The summed E-state index contributed by atoms with van der Waals surface area (Å²) >= 11 is 0. The molecular formula is C34H38O8. The zero-order valence-corrected chi connectivity index (χ0v) is 24.7. The van der Waals surface area contributed by atoms with Crippen molar-refractivity contribution in [1.29, 1.82) is 0 Å². The van der Waals surface area contributed by atoms with E-state index in [-0.39, 0.29) is 13.2 Å². The molecule has 0 N–H and O–H groups in total. The molecule has 0 spiro atoms. The second kappa shape index (κ2) is 16.5. The van der Waals surface area contributed by atoms with E-state index < -0.39 is 17.9 Å². The molecule has 8 nitrogen and oxygen atoms in total. The molecule has 0 saturated carbocycles. The first-order valence-electron chi connectivity index (χ1n) is 13.5. The molecule has 0 amide bonds. The summed E-state index contributed by atoms with van der Waals surface area (Å²) in [5, 5.41) is 0. The lowest BCUT2D eigenvalue weighted by Gasteiger charge is -2.15. The molecule has 0 fully saturated rings. The van der Waals surface area contributed by atoms with Gasteiger partial charge in [-0.15, -0.1) is 0 Å². The number of rotatable bonds is 16. The maximum atomic E-state index is 11.8. The zero-order chi connectivity index (χ0) is 31.2. The summed E-state index contributed by atoms with van der Waals surface area (Å²) in [4.78, 5) is 46.8. The van der Waals surface area contributed by atoms with Crippen LogP contribution in [0.1, 0.15) is 62.8 Å². The van der Waals surface area contributed by atoms with Crippen LogP contribution in [-0.2, 0) is 41.5 Å². The van der Waals surface area contributed by atoms with E-state index in [1.165, 1.54) is 0 Å². The van der Waals surface area contributed by atoms with Crippen molar-refractivity contribution in [3.05, 3.63) is 95.1 Å². The molecule has 0 saturated heterocycles. The van der Waals surface area contributed by atoms with Crippen LogP contribution in [0, 0.1) is 0 Å². The van der Waals surface area contributed by atoms with Gasteiger partial charge in [-0.25, -0.2) is 14.4 Å². The fourth-order valence-corrected chi connectivity index (χ4v) is 3.82. The minimum Gasteiger partial charge on any atom is -0.462 e. The van der Waals surface area contributed by atoms with Crippen LogP contribution >= 0.6 is 0 Å². The first kappa shape index (κ1) is 33.5. The van der Waals surface area contributed by atoms with Crippen LogP contribution in [0.4, 0.5) is 0 Å². The smallest absolute Gasteiger partial charge is 0.338 e. The largest absolute Gasteiger partial charge is 0.462 e. The lowest BCUT2D eigenvalue weighted by Crippen LogP contribution is -2.08. The Kier molecular flexibility index (Phi) is 13.2. The molecule has 0 unspecified atom stereocenters. The monoisotopic (exact) mass is 574 g/mol. The minimum atomic E-state index is -0.501. The van der Waals surface area contributed by atoms with Gasteiger partial charge in [0.2, 0.25) is 0 Å². The van der Waals surface area contributed by atoms with Gasteiger partial charge in [-0.1, -0.05) is 37.9 Å². The van der Waals surface area contributed by atoms with Crippen molar-refractivity contribution < 1.29 is 38.1 Å². The molecule has 0 aliphatic carbocycles. The van der Waals surface area contributed by atoms with Crippen LogP contribution in [0.3, 0.4) is 0 Å². The molecule has 0 aliphatic rings. The molecule has 0 bridgehead atoms. The average Bonchev–Trinajstić information content (AvgIpc) is 2.94. The predicted molar refractivity (Wildman–Crippen MR) is 162 cm³/mol. The Morgan fingerprint density at radius 1 is 0.762 bits per heavy atom. The van der Waals surface area contributed by atoms with Crippen LogP contribution in [0.25, 0.3) is 11.6 Å². The van der Waals surface area contributed by atoms with Crippen LogP contribution in [0.5, 0.6) is 11.5 Å². The summed E-state index contributed by atoms with van der Waals surface area (Å²) in [6.45, 7) is 18.2. The molecule has 2 rings (SSSR count). The number of esters is 3. The van der Waals surface area contributed by atoms with Crippen molar-refractivity contribution in [3.63, 3.8) is 0 Å².